The Labute approximate surface area is 230 Å². The van der Waals surface area contributed by atoms with Crippen LogP contribution in [0.1, 0.15) is 79.7 Å². The maximum absolute atomic E-state index is 12.4. The molecule has 1 atom stereocenters. The molecule has 7 nitrogen and oxygen atoms in total. The number of piperidine rings is 1. The largest absolute Gasteiger partial charge is 0.444 e. The molecule has 2 aromatic carbocycles. The summed E-state index contributed by atoms with van der Waals surface area (Å²) in [6, 6.07) is 20.2. The number of carbonyl (C=O) groups is 1. The third-order valence-corrected chi connectivity index (χ3v) is 7.46. The van der Waals surface area contributed by atoms with Crippen molar-refractivity contribution in [2.24, 2.45) is 12.2 Å². The Morgan fingerprint density at radius 2 is 1.72 bits per heavy atom. The zero-order valence-corrected chi connectivity index (χ0v) is 23.6. The first kappa shape index (κ1) is 28.1. The van der Waals surface area contributed by atoms with E-state index in [1.54, 1.807) is 24.2 Å². The number of aromatic nitrogens is 1. The van der Waals surface area contributed by atoms with Crippen LogP contribution in [-0.2, 0) is 11.8 Å². The van der Waals surface area contributed by atoms with E-state index in [1.165, 1.54) is 27.3 Å². The van der Waals surface area contributed by atoms with Gasteiger partial charge in [0.2, 0.25) is 5.56 Å². The molecule has 1 saturated heterocycles. The van der Waals surface area contributed by atoms with Crippen molar-refractivity contribution in [3.63, 3.8) is 0 Å². The summed E-state index contributed by atoms with van der Waals surface area (Å²) in [7, 11) is 1.69. The molecule has 1 aliphatic heterocycles. The Morgan fingerprint density at radius 1 is 1.05 bits per heavy atom. The molecular formula is C32H39N3O4. The van der Waals surface area contributed by atoms with Crippen molar-refractivity contribution in [2.75, 3.05) is 13.1 Å². The lowest BCUT2D eigenvalue weighted by Crippen LogP contribution is -2.41. The number of likely N-dealkylation sites (tertiary alicyclic amines) is 1. The minimum Gasteiger partial charge on any atom is -0.444 e. The normalized spacial score (nSPS) is 15.7. The lowest BCUT2D eigenvalue weighted by Gasteiger charge is -2.33. The summed E-state index contributed by atoms with van der Waals surface area (Å²) in [5, 5.41) is 13.6. The molecule has 0 spiro atoms. The van der Waals surface area contributed by atoms with Crippen LogP contribution >= 0.6 is 0 Å². The molecule has 0 saturated carbocycles. The van der Waals surface area contributed by atoms with E-state index in [-0.39, 0.29) is 17.6 Å². The Kier molecular flexibility index (Phi) is 8.58. The summed E-state index contributed by atoms with van der Waals surface area (Å²) < 4.78 is 7.03. The molecule has 0 bridgehead atoms. The highest BCUT2D eigenvalue weighted by molar-refractivity contribution is 6.00. The molecule has 4 rings (SSSR count). The third kappa shape index (κ3) is 6.96. The summed E-state index contributed by atoms with van der Waals surface area (Å²) >= 11 is 0. The summed E-state index contributed by atoms with van der Waals surface area (Å²) in [4.78, 5) is 26.1. The number of ether oxygens (including phenoxy) is 1. The van der Waals surface area contributed by atoms with Gasteiger partial charge in [-0.1, -0.05) is 53.7 Å². The van der Waals surface area contributed by atoms with Gasteiger partial charge in [-0.2, -0.15) is 0 Å². The van der Waals surface area contributed by atoms with E-state index in [4.69, 9.17) is 4.74 Å². The Bertz CT molecular complexity index is 1380. The van der Waals surface area contributed by atoms with Crippen LogP contribution in [0.3, 0.4) is 0 Å². The van der Waals surface area contributed by atoms with Gasteiger partial charge in [0.15, 0.2) is 0 Å². The average molecular weight is 530 g/mol. The van der Waals surface area contributed by atoms with Crippen LogP contribution in [0.5, 0.6) is 0 Å². The molecule has 0 unspecified atom stereocenters. The molecule has 0 radical (unpaired) electrons. The standard InChI is InChI=1S/C32H39N3O4/c1-22-8-6-7-9-27(22)28(20-29(33-38)26-14-15-30(36)34(5)21-26)25-12-10-23(11-13-25)24-16-18-35(19-17-24)31(37)39-32(2,3)4/h6-15,21,24,28,38H,16-20H2,1-5H3/b33-29+/t28-/m1/s1. The van der Waals surface area contributed by atoms with Gasteiger partial charge in [0.25, 0.3) is 0 Å². The molecule has 3 aromatic rings. The molecule has 0 aliphatic carbocycles. The number of oxime groups is 1. The Balaban J connectivity index is 1.54. The smallest absolute Gasteiger partial charge is 0.410 e. The van der Waals surface area contributed by atoms with Crippen molar-refractivity contribution in [2.45, 2.75) is 64.4 Å². The quantitative estimate of drug-likeness (QED) is 0.234. The average Bonchev–Trinajstić information content (AvgIpc) is 2.91. The Morgan fingerprint density at radius 3 is 2.31 bits per heavy atom. The first-order valence-corrected chi connectivity index (χ1v) is 13.6. The van der Waals surface area contributed by atoms with Gasteiger partial charge < -0.3 is 19.4 Å². The number of rotatable bonds is 6. The molecule has 7 heteroatoms. The summed E-state index contributed by atoms with van der Waals surface area (Å²) in [6.45, 7) is 9.13. The van der Waals surface area contributed by atoms with Gasteiger partial charge in [0, 0.05) is 50.3 Å². The highest BCUT2D eigenvalue weighted by Gasteiger charge is 2.28. The number of benzene rings is 2. The maximum Gasteiger partial charge on any atom is 0.410 e. The lowest BCUT2D eigenvalue weighted by atomic mass is 9.82. The number of aryl methyl sites for hydroxylation is 2. The molecule has 2 heterocycles. The van der Waals surface area contributed by atoms with Gasteiger partial charge in [0.1, 0.15) is 5.60 Å². The number of hydrogen-bond acceptors (Lipinski definition) is 5. The van der Waals surface area contributed by atoms with E-state index in [0.29, 0.717) is 36.7 Å². The van der Waals surface area contributed by atoms with Crippen LogP contribution in [0.15, 0.2) is 76.8 Å². The van der Waals surface area contributed by atoms with E-state index < -0.39 is 5.60 Å². The molecule has 1 fully saturated rings. The second kappa shape index (κ2) is 11.9. The highest BCUT2D eigenvalue weighted by Crippen LogP contribution is 2.34. The first-order chi connectivity index (χ1) is 18.6. The number of amides is 1. The van der Waals surface area contributed by atoms with Gasteiger partial charge in [-0.3, -0.25) is 4.79 Å². The fourth-order valence-corrected chi connectivity index (χ4v) is 5.28. The minimum absolute atomic E-state index is 0.0302. The van der Waals surface area contributed by atoms with Gasteiger partial charge in [-0.15, -0.1) is 0 Å². The Hall–Kier alpha value is -3.87. The van der Waals surface area contributed by atoms with Crippen molar-refractivity contribution in [1.82, 2.24) is 9.47 Å². The van der Waals surface area contributed by atoms with Crippen LogP contribution in [0.25, 0.3) is 0 Å². The van der Waals surface area contributed by atoms with E-state index in [2.05, 4.69) is 48.5 Å². The fourth-order valence-electron chi connectivity index (χ4n) is 5.28. The van der Waals surface area contributed by atoms with Crippen molar-refractivity contribution in [3.05, 3.63) is 105 Å². The van der Waals surface area contributed by atoms with E-state index >= 15 is 0 Å². The van der Waals surface area contributed by atoms with Gasteiger partial charge in [0.05, 0.1) is 5.71 Å². The molecular weight excluding hydrogens is 490 g/mol. The lowest BCUT2D eigenvalue weighted by molar-refractivity contribution is 0.0205. The number of hydrogen-bond donors (Lipinski definition) is 1. The van der Waals surface area contributed by atoms with Gasteiger partial charge in [-0.05, 0) is 74.8 Å². The maximum atomic E-state index is 12.4. The number of pyridine rings is 1. The van der Waals surface area contributed by atoms with Crippen molar-refractivity contribution < 1.29 is 14.7 Å². The summed E-state index contributed by atoms with van der Waals surface area (Å²) in [5.74, 6) is 0.354. The molecule has 1 aliphatic rings. The van der Waals surface area contributed by atoms with Crippen LogP contribution in [-0.4, -0.2) is 45.2 Å². The van der Waals surface area contributed by atoms with E-state index in [0.717, 1.165) is 18.4 Å². The van der Waals surface area contributed by atoms with Gasteiger partial charge in [-0.25, -0.2) is 4.79 Å². The van der Waals surface area contributed by atoms with E-state index in [1.807, 2.05) is 32.9 Å². The fraction of sp³-hybridized carbons (Fsp3) is 0.406. The van der Waals surface area contributed by atoms with Crippen LogP contribution in [0.4, 0.5) is 4.79 Å². The molecule has 1 N–H and O–H groups in total. The highest BCUT2D eigenvalue weighted by atomic mass is 16.6. The van der Waals surface area contributed by atoms with E-state index in [9.17, 15) is 14.8 Å². The second-order valence-electron chi connectivity index (χ2n) is 11.4. The SMILES string of the molecule is Cc1ccccc1[C@H](C/C(=N\O)c1ccc(=O)n(C)c1)c1ccc(C2CCN(C(=O)OC(C)(C)C)CC2)cc1. The molecule has 1 amide bonds. The van der Waals surface area contributed by atoms with Gasteiger partial charge >= 0.3 is 6.09 Å². The number of nitrogens with zero attached hydrogens (tertiary/aromatic N) is 3. The van der Waals surface area contributed by atoms with Crippen LogP contribution in [0.2, 0.25) is 0 Å². The molecule has 39 heavy (non-hydrogen) atoms. The second-order valence-corrected chi connectivity index (χ2v) is 11.4. The molecule has 206 valence electrons. The summed E-state index contributed by atoms with van der Waals surface area (Å²) in [6.07, 6.45) is 3.74. The monoisotopic (exact) mass is 529 g/mol. The molecule has 1 aromatic heterocycles. The summed E-state index contributed by atoms with van der Waals surface area (Å²) in [5.41, 5.74) is 5.36. The predicted molar refractivity (Wildman–Crippen MR) is 154 cm³/mol. The van der Waals surface area contributed by atoms with Crippen molar-refractivity contribution in [1.29, 1.82) is 0 Å². The van der Waals surface area contributed by atoms with Crippen LogP contribution in [0, 0.1) is 6.92 Å². The number of carbonyl (C=O) groups excluding carboxylic acids is 1. The zero-order chi connectivity index (χ0) is 28.2. The topological polar surface area (TPSA) is 84.1 Å². The van der Waals surface area contributed by atoms with Crippen molar-refractivity contribution >= 4 is 11.8 Å². The third-order valence-electron chi connectivity index (χ3n) is 7.46. The predicted octanol–water partition coefficient (Wildman–Crippen LogP) is 6.21. The minimum atomic E-state index is -0.491. The van der Waals surface area contributed by atoms with Crippen LogP contribution < -0.4 is 5.56 Å². The van der Waals surface area contributed by atoms with Crippen molar-refractivity contribution in [3.8, 4) is 0 Å². The first-order valence-electron chi connectivity index (χ1n) is 13.6. The zero-order valence-electron chi connectivity index (χ0n) is 23.6.